The van der Waals surface area contributed by atoms with E-state index in [1.807, 2.05) is 4.90 Å². The van der Waals surface area contributed by atoms with E-state index < -0.39 is 5.97 Å². The van der Waals surface area contributed by atoms with Gasteiger partial charge in [-0.15, -0.1) is 0 Å². The molecule has 1 aromatic heterocycles. The van der Waals surface area contributed by atoms with E-state index in [9.17, 15) is 9.90 Å². The van der Waals surface area contributed by atoms with E-state index in [0.717, 1.165) is 32.2 Å². The minimum absolute atomic E-state index is 0.0454. The van der Waals surface area contributed by atoms with E-state index in [0.29, 0.717) is 5.82 Å². The molecule has 1 saturated heterocycles. The number of aliphatic hydroxyl groups is 1. The van der Waals surface area contributed by atoms with Crippen LogP contribution in [0.15, 0.2) is 18.2 Å². The van der Waals surface area contributed by atoms with Crippen molar-refractivity contribution < 1.29 is 15.0 Å². The lowest BCUT2D eigenvalue weighted by Gasteiger charge is -2.29. The molecule has 0 bridgehead atoms. The lowest BCUT2D eigenvalue weighted by molar-refractivity contribution is 0.0690. The summed E-state index contributed by atoms with van der Waals surface area (Å²) in [4.78, 5) is 17.1. The Kier molecular flexibility index (Phi) is 4.15. The maximum atomic E-state index is 10.9. The number of hydrogen-bond acceptors (Lipinski definition) is 4. The van der Waals surface area contributed by atoms with Crippen molar-refractivity contribution in [2.24, 2.45) is 0 Å². The molecule has 2 heterocycles. The summed E-state index contributed by atoms with van der Waals surface area (Å²) in [6, 6.07) is 5.03. The molecule has 2 N–H and O–H groups in total. The molecule has 5 nitrogen and oxygen atoms in total. The van der Waals surface area contributed by atoms with Crippen LogP contribution in [0, 0.1) is 0 Å². The summed E-state index contributed by atoms with van der Waals surface area (Å²) < 4.78 is 0. The molecular formula is C13H18N2O3. The molecule has 1 atom stereocenters. The average Bonchev–Trinajstić information content (AvgIpc) is 2.63. The second kappa shape index (κ2) is 5.82. The van der Waals surface area contributed by atoms with Crippen LogP contribution in [0.2, 0.25) is 0 Å². The molecule has 1 unspecified atom stereocenters. The normalized spacial score (nSPS) is 20.5. The van der Waals surface area contributed by atoms with Crippen LogP contribution in [-0.4, -0.2) is 40.4 Å². The maximum absolute atomic E-state index is 10.9. The fraction of sp³-hybridized carbons (Fsp3) is 0.538. The minimum atomic E-state index is -1.02. The predicted molar refractivity (Wildman–Crippen MR) is 67.9 cm³/mol. The zero-order chi connectivity index (χ0) is 13.0. The number of rotatable bonds is 3. The van der Waals surface area contributed by atoms with Crippen molar-refractivity contribution in [3.05, 3.63) is 23.9 Å². The summed E-state index contributed by atoms with van der Waals surface area (Å²) in [7, 11) is 0. The fourth-order valence-electron chi connectivity index (χ4n) is 2.37. The highest BCUT2D eigenvalue weighted by atomic mass is 16.4. The van der Waals surface area contributed by atoms with Gasteiger partial charge < -0.3 is 15.1 Å². The highest BCUT2D eigenvalue weighted by Crippen LogP contribution is 2.22. The molecule has 1 fully saturated rings. The summed E-state index contributed by atoms with van der Waals surface area (Å²) in [6.45, 7) is 0.903. The van der Waals surface area contributed by atoms with Gasteiger partial charge in [0, 0.05) is 6.54 Å². The third-order valence-electron chi connectivity index (χ3n) is 3.34. The Morgan fingerprint density at radius 3 is 2.94 bits per heavy atom. The number of carbonyl (C=O) groups is 1. The van der Waals surface area contributed by atoms with E-state index in [1.54, 1.807) is 12.1 Å². The highest BCUT2D eigenvalue weighted by molar-refractivity contribution is 5.85. The number of carboxylic acids is 1. The number of pyridine rings is 1. The third kappa shape index (κ3) is 2.79. The first-order valence-corrected chi connectivity index (χ1v) is 6.30. The molecule has 0 spiro atoms. The Hall–Kier alpha value is -1.62. The van der Waals surface area contributed by atoms with Gasteiger partial charge >= 0.3 is 5.97 Å². The SMILES string of the molecule is O=C(O)c1cccc(N2CCCCCC2CO)n1. The standard InChI is InChI=1S/C13H18N2O3/c16-9-10-5-2-1-3-8-15(10)12-7-4-6-11(14-12)13(17)18/h4,6-7,10,16H,1-3,5,8-9H2,(H,17,18). The molecule has 0 amide bonds. The van der Waals surface area contributed by atoms with Crippen molar-refractivity contribution >= 4 is 11.8 Å². The minimum Gasteiger partial charge on any atom is -0.477 e. The molecule has 1 aromatic rings. The Morgan fingerprint density at radius 1 is 1.39 bits per heavy atom. The van der Waals surface area contributed by atoms with Crippen molar-refractivity contribution in [3.8, 4) is 0 Å². The molecule has 1 aliphatic heterocycles. The molecule has 5 heteroatoms. The zero-order valence-electron chi connectivity index (χ0n) is 10.2. The summed E-state index contributed by atoms with van der Waals surface area (Å²) >= 11 is 0. The van der Waals surface area contributed by atoms with E-state index in [1.165, 1.54) is 6.07 Å². The molecule has 0 saturated carbocycles. The molecular weight excluding hydrogens is 232 g/mol. The number of carboxylic acid groups (broad SMARTS) is 1. The van der Waals surface area contributed by atoms with Crippen molar-refractivity contribution in [1.29, 1.82) is 0 Å². The van der Waals surface area contributed by atoms with E-state index in [4.69, 9.17) is 5.11 Å². The van der Waals surface area contributed by atoms with Crippen LogP contribution in [0.1, 0.15) is 36.2 Å². The lowest BCUT2D eigenvalue weighted by atomic mass is 10.1. The first kappa shape index (κ1) is 12.8. The number of aromatic carboxylic acids is 1. The number of anilines is 1. The lowest BCUT2D eigenvalue weighted by Crippen LogP contribution is -2.38. The second-order valence-electron chi connectivity index (χ2n) is 4.57. The van der Waals surface area contributed by atoms with E-state index in [-0.39, 0.29) is 18.3 Å². The Labute approximate surface area is 106 Å². The van der Waals surface area contributed by atoms with Crippen LogP contribution >= 0.6 is 0 Å². The summed E-state index contributed by atoms with van der Waals surface area (Å²) in [5, 5.41) is 18.4. The highest BCUT2D eigenvalue weighted by Gasteiger charge is 2.22. The van der Waals surface area contributed by atoms with Crippen molar-refractivity contribution in [1.82, 2.24) is 4.98 Å². The summed E-state index contributed by atoms with van der Waals surface area (Å²) in [5.74, 6) is -0.372. The van der Waals surface area contributed by atoms with Crippen LogP contribution in [0.25, 0.3) is 0 Å². The number of nitrogens with zero attached hydrogens (tertiary/aromatic N) is 2. The quantitative estimate of drug-likeness (QED) is 0.850. The molecule has 2 rings (SSSR count). The molecule has 0 aliphatic carbocycles. The van der Waals surface area contributed by atoms with Gasteiger partial charge in [-0.25, -0.2) is 9.78 Å². The van der Waals surface area contributed by atoms with Gasteiger partial charge in [-0.2, -0.15) is 0 Å². The topological polar surface area (TPSA) is 73.7 Å². The molecule has 0 aromatic carbocycles. The van der Waals surface area contributed by atoms with Crippen LogP contribution in [0.5, 0.6) is 0 Å². The first-order chi connectivity index (χ1) is 8.72. The van der Waals surface area contributed by atoms with Crippen LogP contribution in [-0.2, 0) is 0 Å². The van der Waals surface area contributed by atoms with Gasteiger partial charge in [0.05, 0.1) is 12.6 Å². The van der Waals surface area contributed by atoms with E-state index in [2.05, 4.69) is 4.98 Å². The monoisotopic (exact) mass is 250 g/mol. The molecule has 0 radical (unpaired) electrons. The summed E-state index contributed by atoms with van der Waals surface area (Å²) in [6.07, 6.45) is 4.22. The van der Waals surface area contributed by atoms with Crippen LogP contribution < -0.4 is 4.90 Å². The van der Waals surface area contributed by atoms with Crippen LogP contribution in [0.3, 0.4) is 0 Å². The molecule has 98 valence electrons. The molecule has 1 aliphatic rings. The van der Waals surface area contributed by atoms with Crippen LogP contribution in [0.4, 0.5) is 5.82 Å². The summed E-state index contributed by atoms with van der Waals surface area (Å²) in [5.41, 5.74) is 0.0495. The first-order valence-electron chi connectivity index (χ1n) is 6.30. The Morgan fingerprint density at radius 2 is 2.22 bits per heavy atom. The van der Waals surface area contributed by atoms with Gasteiger partial charge in [-0.05, 0) is 25.0 Å². The predicted octanol–water partition coefficient (Wildman–Crippen LogP) is 1.52. The Bertz CT molecular complexity index is 422. The maximum Gasteiger partial charge on any atom is 0.354 e. The Balaban J connectivity index is 2.26. The fourth-order valence-corrected chi connectivity index (χ4v) is 2.37. The smallest absolute Gasteiger partial charge is 0.354 e. The van der Waals surface area contributed by atoms with Crippen molar-refractivity contribution in [3.63, 3.8) is 0 Å². The third-order valence-corrected chi connectivity index (χ3v) is 3.34. The van der Waals surface area contributed by atoms with Gasteiger partial charge in [0.2, 0.25) is 0 Å². The number of aliphatic hydroxyl groups excluding tert-OH is 1. The van der Waals surface area contributed by atoms with Gasteiger partial charge in [0.15, 0.2) is 5.69 Å². The molecule has 18 heavy (non-hydrogen) atoms. The van der Waals surface area contributed by atoms with Gasteiger partial charge in [0.1, 0.15) is 5.82 Å². The van der Waals surface area contributed by atoms with Crippen molar-refractivity contribution in [2.75, 3.05) is 18.1 Å². The van der Waals surface area contributed by atoms with Gasteiger partial charge in [-0.1, -0.05) is 18.9 Å². The van der Waals surface area contributed by atoms with E-state index >= 15 is 0 Å². The second-order valence-corrected chi connectivity index (χ2v) is 4.57. The van der Waals surface area contributed by atoms with Gasteiger partial charge in [0.25, 0.3) is 0 Å². The number of aromatic nitrogens is 1. The average molecular weight is 250 g/mol. The van der Waals surface area contributed by atoms with Gasteiger partial charge in [-0.3, -0.25) is 0 Å². The number of hydrogen-bond donors (Lipinski definition) is 2. The zero-order valence-corrected chi connectivity index (χ0v) is 10.2. The largest absolute Gasteiger partial charge is 0.477 e. The van der Waals surface area contributed by atoms with Crippen molar-refractivity contribution in [2.45, 2.75) is 31.7 Å².